The molecule has 0 spiro atoms. The maximum absolute atomic E-state index is 10.7. The molecule has 7 nitrogen and oxygen atoms in total. The molecule has 0 unspecified atom stereocenters. The number of rotatable bonds is 4. The Morgan fingerprint density at radius 3 is 2.20 bits per heavy atom. The minimum absolute atomic E-state index is 0.118. The van der Waals surface area contributed by atoms with Gasteiger partial charge in [0.1, 0.15) is 0 Å². The zero-order chi connectivity index (χ0) is 11.4. The quantitative estimate of drug-likeness (QED) is 0.507. The van der Waals surface area contributed by atoms with Crippen molar-refractivity contribution in [2.45, 2.75) is 0 Å². The van der Waals surface area contributed by atoms with Gasteiger partial charge in [0, 0.05) is 0 Å². The zero-order valence-electron chi connectivity index (χ0n) is 7.30. The second kappa shape index (κ2) is 4.18. The number of anilines is 1. The second-order valence-electron chi connectivity index (χ2n) is 2.57. The van der Waals surface area contributed by atoms with Gasteiger partial charge in [-0.1, -0.05) is 0 Å². The molecule has 78 valence electrons. The van der Waals surface area contributed by atoms with Crippen molar-refractivity contribution in [3.05, 3.63) is 34.2 Å². The first kappa shape index (κ1) is 10.6. The van der Waals surface area contributed by atoms with Crippen LogP contribution in [0.5, 0.6) is 0 Å². The fourth-order valence-corrected chi connectivity index (χ4v) is 1.03. The van der Waals surface area contributed by atoms with Crippen molar-refractivity contribution in [3.63, 3.8) is 0 Å². The molecule has 0 aromatic heterocycles. The molecule has 0 aliphatic rings. The minimum Gasteiger partial charge on any atom is -0.478 e. The predicted molar refractivity (Wildman–Crippen MR) is 49.8 cm³/mol. The van der Waals surface area contributed by atoms with Crippen molar-refractivity contribution in [1.29, 1.82) is 0 Å². The lowest BCUT2D eigenvalue weighted by atomic mass is 10.1. The van der Waals surface area contributed by atoms with Crippen LogP contribution < -0.4 is 5.43 Å². The Balaban J connectivity index is 3.26. The van der Waals surface area contributed by atoms with E-state index in [1.807, 2.05) is 5.43 Å². The summed E-state index contributed by atoms with van der Waals surface area (Å²) in [5, 5.41) is 19.7. The lowest BCUT2D eigenvalue weighted by Gasteiger charge is -2.03. The molecule has 1 rings (SSSR count). The number of carboxylic acids is 2. The van der Waals surface area contributed by atoms with Crippen LogP contribution in [0.3, 0.4) is 0 Å². The van der Waals surface area contributed by atoms with E-state index in [0.29, 0.717) is 0 Å². The topological polar surface area (TPSA) is 116 Å². The number of carboxylic acid groups (broad SMARTS) is 2. The Labute approximate surface area is 83.3 Å². The van der Waals surface area contributed by atoms with Crippen LogP contribution in [0, 0.1) is 4.91 Å². The van der Waals surface area contributed by atoms with Gasteiger partial charge in [-0.3, -0.25) is 0 Å². The summed E-state index contributed by atoms with van der Waals surface area (Å²) in [5.41, 5.74) is 1.35. The van der Waals surface area contributed by atoms with Crippen LogP contribution in [-0.4, -0.2) is 22.2 Å². The first-order valence-corrected chi connectivity index (χ1v) is 3.75. The van der Waals surface area contributed by atoms with Crippen molar-refractivity contribution >= 4 is 17.6 Å². The van der Waals surface area contributed by atoms with Crippen molar-refractivity contribution < 1.29 is 19.8 Å². The van der Waals surface area contributed by atoms with Gasteiger partial charge in [0.15, 0.2) is 0 Å². The molecule has 0 bridgehead atoms. The van der Waals surface area contributed by atoms with Gasteiger partial charge in [-0.05, 0) is 18.2 Å². The number of hydrogen-bond donors (Lipinski definition) is 3. The van der Waals surface area contributed by atoms with Gasteiger partial charge >= 0.3 is 11.9 Å². The number of carbonyl (C=O) groups is 2. The lowest BCUT2D eigenvalue weighted by Crippen LogP contribution is -2.08. The van der Waals surface area contributed by atoms with E-state index in [2.05, 4.69) is 5.29 Å². The van der Waals surface area contributed by atoms with Crippen LogP contribution in [0.4, 0.5) is 5.69 Å². The van der Waals surface area contributed by atoms with Crippen molar-refractivity contribution in [1.82, 2.24) is 0 Å². The van der Waals surface area contributed by atoms with Gasteiger partial charge in [-0.25, -0.2) is 15.0 Å². The number of aromatic carboxylic acids is 2. The highest BCUT2D eigenvalue weighted by molar-refractivity contribution is 6.02. The molecule has 0 amide bonds. The summed E-state index contributed by atoms with van der Waals surface area (Å²) in [7, 11) is 0. The fourth-order valence-electron chi connectivity index (χ4n) is 1.03. The molecule has 0 heterocycles. The summed E-state index contributed by atoms with van der Waals surface area (Å²) in [6, 6.07) is 3.35. The van der Waals surface area contributed by atoms with Crippen LogP contribution in [0.15, 0.2) is 23.5 Å². The van der Waals surface area contributed by atoms with E-state index in [0.717, 1.165) is 12.1 Å². The number of benzene rings is 1. The molecule has 0 aliphatic carbocycles. The van der Waals surface area contributed by atoms with E-state index in [1.165, 1.54) is 6.07 Å². The van der Waals surface area contributed by atoms with Gasteiger partial charge in [0.2, 0.25) is 0 Å². The molecule has 0 aliphatic heterocycles. The Morgan fingerprint density at radius 1 is 1.13 bits per heavy atom. The number of nitrogens with one attached hydrogen (secondary N) is 1. The first-order chi connectivity index (χ1) is 7.06. The molecular formula is C8H6N2O5. The van der Waals surface area contributed by atoms with Gasteiger partial charge < -0.3 is 10.2 Å². The normalized spacial score (nSPS) is 9.33. The third kappa shape index (κ3) is 2.27. The van der Waals surface area contributed by atoms with Crippen LogP contribution >= 0.6 is 0 Å². The summed E-state index contributed by atoms with van der Waals surface area (Å²) in [6.07, 6.45) is 0. The number of nitroso groups, excluding NO2 is 1. The standard InChI is InChI=1S/C8H6N2O5/c11-7(12)5-2-1-4(9-10-15)3-6(5)8(13)14/h1-3H,(H,9,15)(H,11,12)(H,13,14). The maximum atomic E-state index is 10.7. The molecule has 0 saturated heterocycles. The average molecular weight is 210 g/mol. The zero-order valence-corrected chi connectivity index (χ0v) is 7.30. The molecule has 15 heavy (non-hydrogen) atoms. The van der Waals surface area contributed by atoms with E-state index in [4.69, 9.17) is 10.2 Å². The van der Waals surface area contributed by atoms with Crippen molar-refractivity contribution in [2.24, 2.45) is 5.29 Å². The Bertz CT molecular complexity index is 429. The van der Waals surface area contributed by atoms with E-state index in [9.17, 15) is 14.5 Å². The Kier molecular flexibility index (Phi) is 2.97. The summed E-state index contributed by atoms with van der Waals surface area (Å²) >= 11 is 0. The molecule has 0 fully saturated rings. The highest BCUT2D eigenvalue weighted by Crippen LogP contribution is 2.16. The minimum atomic E-state index is -1.39. The van der Waals surface area contributed by atoms with E-state index >= 15 is 0 Å². The summed E-state index contributed by atoms with van der Waals surface area (Å²) < 4.78 is 0. The van der Waals surface area contributed by atoms with Crippen molar-refractivity contribution in [2.75, 3.05) is 5.43 Å². The van der Waals surface area contributed by atoms with Crippen LogP contribution in [0.1, 0.15) is 20.7 Å². The Hall–Kier alpha value is -2.44. The highest BCUT2D eigenvalue weighted by atomic mass is 16.4. The van der Waals surface area contributed by atoms with Crippen molar-refractivity contribution in [3.8, 4) is 0 Å². The average Bonchev–Trinajstić information content (AvgIpc) is 2.17. The first-order valence-electron chi connectivity index (χ1n) is 3.75. The van der Waals surface area contributed by atoms with Gasteiger partial charge in [0.05, 0.1) is 22.1 Å². The SMILES string of the molecule is O=NNc1ccc(C(=O)O)c(C(=O)O)c1. The third-order valence-corrected chi connectivity index (χ3v) is 1.66. The number of hydrogen-bond acceptors (Lipinski definition) is 4. The smallest absolute Gasteiger partial charge is 0.336 e. The van der Waals surface area contributed by atoms with Gasteiger partial charge in [0.25, 0.3) is 0 Å². The van der Waals surface area contributed by atoms with Crippen LogP contribution in [-0.2, 0) is 0 Å². The van der Waals surface area contributed by atoms with E-state index < -0.39 is 17.5 Å². The molecule has 0 atom stereocenters. The Morgan fingerprint density at radius 2 is 1.73 bits per heavy atom. The molecule has 0 radical (unpaired) electrons. The molecule has 3 N–H and O–H groups in total. The highest BCUT2D eigenvalue weighted by Gasteiger charge is 2.16. The second-order valence-corrected chi connectivity index (χ2v) is 2.57. The molecule has 0 saturated carbocycles. The maximum Gasteiger partial charge on any atom is 0.336 e. The molecule has 7 heteroatoms. The van der Waals surface area contributed by atoms with Crippen LogP contribution in [0.2, 0.25) is 0 Å². The van der Waals surface area contributed by atoms with Gasteiger partial charge in [-0.2, -0.15) is 0 Å². The molecule has 1 aromatic carbocycles. The largest absolute Gasteiger partial charge is 0.478 e. The number of nitrogens with zero attached hydrogens (tertiary/aromatic N) is 1. The fraction of sp³-hybridized carbons (Fsp3) is 0. The van der Waals surface area contributed by atoms with E-state index in [1.54, 1.807) is 0 Å². The molecular weight excluding hydrogens is 204 g/mol. The van der Waals surface area contributed by atoms with Crippen LogP contribution in [0.25, 0.3) is 0 Å². The summed E-state index contributed by atoms with van der Waals surface area (Å²) in [5.74, 6) is -2.74. The predicted octanol–water partition coefficient (Wildman–Crippen LogP) is 1.18. The summed E-state index contributed by atoms with van der Waals surface area (Å²) in [6.45, 7) is 0. The van der Waals surface area contributed by atoms with E-state index in [-0.39, 0.29) is 11.3 Å². The third-order valence-electron chi connectivity index (χ3n) is 1.66. The lowest BCUT2D eigenvalue weighted by molar-refractivity contribution is 0.0651. The molecule has 1 aromatic rings. The monoisotopic (exact) mass is 210 g/mol. The summed E-state index contributed by atoms with van der Waals surface area (Å²) in [4.78, 5) is 31.2. The van der Waals surface area contributed by atoms with Gasteiger partial charge in [-0.15, -0.1) is 4.91 Å².